The predicted octanol–water partition coefficient (Wildman–Crippen LogP) is 0.974. The summed E-state index contributed by atoms with van der Waals surface area (Å²) in [5.41, 5.74) is 0. The monoisotopic (exact) mass is 90.1 g/mol. The number of rotatable bonds is 3. The van der Waals surface area contributed by atoms with Crippen molar-refractivity contribution in [2.24, 2.45) is 0 Å². The molecule has 0 unspecified atom stereocenters. The minimum atomic E-state index is 0.633. The second-order valence-corrected chi connectivity index (χ2v) is 0.813. The van der Waals surface area contributed by atoms with E-state index in [1.807, 2.05) is 13.8 Å². The Morgan fingerprint density at radius 2 is 1.33 bits per heavy atom. The van der Waals surface area contributed by atoms with E-state index < -0.39 is 0 Å². The molecule has 0 aromatic rings. The van der Waals surface area contributed by atoms with E-state index in [1.54, 1.807) is 0 Å². The molecule has 0 aliphatic rings. The van der Waals surface area contributed by atoms with Gasteiger partial charge in [-0.15, -0.1) is 0 Å². The molecule has 0 saturated heterocycles. The van der Waals surface area contributed by atoms with Gasteiger partial charge in [-0.05, 0) is 13.8 Å². The first-order valence-electron chi connectivity index (χ1n) is 2.16. The lowest BCUT2D eigenvalue weighted by Gasteiger charge is -1.92. The van der Waals surface area contributed by atoms with Crippen molar-refractivity contribution in [1.82, 2.24) is 0 Å². The molecule has 0 N–H and O–H groups in total. The molecule has 0 aromatic heterocycles. The molecule has 0 saturated carbocycles. The molecule has 0 fully saturated rings. The topological polar surface area (TPSA) is 18.5 Å². The maximum atomic E-state index is 4.48. The Labute approximate surface area is 38.0 Å². The normalized spacial score (nSPS) is 9.00. The van der Waals surface area contributed by atoms with Gasteiger partial charge in [-0.2, -0.15) is 0 Å². The van der Waals surface area contributed by atoms with Crippen molar-refractivity contribution in [3.05, 3.63) is 0 Å². The zero-order valence-corrected chi connectivity index (χ0v) is 4.23. The number of hydrogen-bond acceptors (Lipinski definition) is 2. The molecule has 2 heteroatoms. The largest absolute Gasteiger partial charge is 0.237 e. The Morgan fingerprint density at radius 1 is 1.00 bits per heavy atom. The van der Waals surface area contributed by atoms with Gasteiger partial charge in [0.25, 0.3) is 0 Å². The molecule has 0 bridgehead atoms. The molecule has 6 heavy (non-hydrogen) atoms. The zero-order chi connectivity index (χ0) is 4.83. The molecule has 0 aliphatic carbocycles. The van der Waals surface area contributed by atoms with Crippen LogP contribution in [0, 0.1) is 0 Å². The molecule has 0 rings (SSSR count). The first-order chi connectivity index (χ1) is 2.91. The van der Waals surface area contributed by atoms with E-state index in [4.69, 9.17) is 0 Å². The van der Waals surface area contributed by atoms with Gasteiger partial charge in [0.1, 0.15) is 0 Å². The molecule has 0 amide bonds. The van der Waals surface area contributed by atoms with Crippen LogP contribution in [0.1, 0.15) is 13.8 Å². The van der Waals surface area contributed by atoms with Crippen LogP contribution in [0.15, 0.2) is 0 Å². The molecular weight excluding hydrogens is 80.0 g/mol. The molecule has 0 atom stereocenters. The third kappa shape index (κ3) is 3.92. The van der Waals surface area contributed by atoms with Gasteiger partial charge in [0.15, 0.2) is 0 Å². The summed E-state index contributed by atoms with van der Waals surface area (Å²) in [6.45, 7) is 5.03. The first kappa shape index (κ1) is 5.92. The molecule has 0 aliphatic heterocycles. The lowest BCUT2D eigenvalue weighted by molar-refractivity contribution is -0.287. The van der Waals surface area contributed by atoms with Crippen molar-refractivity contribution in [2.75, 3.05) is 13.2 Å². The summed E-state index contributed by atoms with van der Waals surface area (Å²) in [5.74, 6) is 0. The molecule has 0 spiro atoms. The van der Waals surface area contributed by atoms with Crippen LogP contribution in [0.3, 0.4) is 0 Å². The highest BCUT2D eigenvalue weighted by Crippen LogP contribution is 1.72. The van der Waals surface area contributed by atoms with Gasteiger partial charge in [0.05, 0.1) is 13.2 Å². The van der Waals surface area contributed by atoms with Crippen LogP contribution in [0.4, 0.5) is 0 Å². The van der Waals surface area contributed by atoms with Gasteiger partial charge in [-0.25, -0.2) is 9.78 Å². The highest BCUT2D eigenvalue weighted by atomic mass is 17.2. The van der Waals surface area contributed by atoms with Crippen molar-refractivity contribution in [1.29, 1.82) is 0 Å². The molecule has 0 heterocycles. The summed E-state index contributed by atoms with van der Waals surface area (Å²) in [6.07, 6.45) is 0. The second kappa shape index (κ2) is 4.92. The summed E-state index contributed by atoms with van der Waals surface area (Å²) >= 11 is 0. The summed E-state index contributed by atoms with van der Waals surface area (Å²) in [4.78, 5) is 8.97. The van der Waals surface area contributed by atoms with E-state index >= 15 is 0 Å². The average Bonchev–Trinajstić information content (AvgIpc) is 1.61. The van der Waals surface area contributed by atoms with Crippen LogP contribution in [0.2, 0.25) is 0 Å². The van der Waals surface area contributed by atoms with Crippen LogP contribution in [0.25, 0.3) is 0 Å². The lowest BCUT2D eigenvalue weighted by Crippen LogP contribution is -1.90. The molecule has 38 valence electrons. The minimum Gasteiger partial charge on any atom is -0.237 e. The standard InChI is InChI=1S/C4H10O2/c1-3-5-6-4-2/h3-4H2,1-2H3. The summed E-state index contributed by atoms with van der Waals surface area (Å²) in [7, 11) is 0. The van der Waals surface area contributed by atoms with E-state index in [-0.39, 0.29) is 0 Å². The van der Waals surface area contributed by atoms with Crippen LogP contribution >= 0.6 is 0 Å². The predicted molar refractivity (Wildman–Crippen MR) is 23.3 cm³/mol. The smallest absolute Gasteiger partial charge is 0.0794 e. The van der Waals surface area contributed by atoms with E-state index in [9.17, 15) is 0 Å². The van der Waals surface area contributed by atoms with E-state index in [2.05, 4.69) is 9.78 Å². The number of hydrogen-bond donors (Lipinski definition) is 0. The van der Waals surface area contributed by atoms with Crippen LogP contribution < -0.4 is 0 Å². The van der Waals surface area contributed by atoms with Gasteiger partial charge >= 0.3 is 0 Å². The first-order valence-corrected chi connectivity index (χ1v) is 2.16. The Hall–Kier alpha value is -0.0800. The van der Waals surface area contributed by atoms with Gasteiger partial charge in [-0.1, -0.05) is 0 Å². The minimum absolute atomic E-state index is 0.633. The van der Waals surface area contributed by atoms with Gasteiger partial charge < -0.3 is 0 Å². The molecule has 0 aromatic carbocycles. The SMILES string of the molecule is CCOOCC. The highest BCUT2D eigenvalue weighted by Gasteiger charge is 1.71. The Kier molecular flexibility index (Phi) is 4.85. The Morgan fingerprint density at radius 3 is 1.50 bits per heavy atom. The maximum absolute atomic E-state index is 4.48. The van der Waals surface area contributed by atoms with Gasteiger partial charge in [0, 0.05) is 0 Å². The van der Waals surface area contributed by atoms with Crippen molar-refractivity contribution < 1.29 is 9.78 Å². The highest BCUT2D eigenvalue weighted by molar-refractivity contribution is 3.97. The van der Waals surface area contributed by atoms with Gasteiger partial charge in [0.2, 0.25) is 0 Å². The maximum Gasteiger partial charge on any atom is 0.0794 e. The summed E-state index contributed by atoms with van der Waals surface area (Å²) in [5, 5.41) is 0. The molecule has 0 radical (unpaired) electrons. The third-order valence-electron chi connectivity index (χ3n) is 0.319. The second-order valence-electron chi connectivity index (χ2n) is 0.813. The summed E-state index contributed by atoms with van der Waals surface area (Å²) in [6, 6.07) is 0. The van der Waals surface area contributed by atoms with Crippen molar-refractivity contribution >= 4 is 0 Å². The summed E-state index contributed by atoms with van der Waals surface area (Å²) < 4.78 is 0. The Balaban J connectivity index is 2.34. The fraction of sp³-hybridized carbons (Fsp3) is 1.00. The quantitative estimate of drug-likeness (QED) is 0.292. The van der Waals surface area contributed by atoms with E-state index in [0.717, 1.165) is 0 Å². The van der Waals surface area contributed by atoms with Crippen molar-refractivity contribution in [2.45, 2.75) is 13.8 Å². The van der Waals surface area contributed by atoms with Crippen LogP contribution in [-0.2, 0) is 9.78 Å². The average molecular weight is 90.1 g/mol. The zero-order valence-electron chi connectivity index (χ0n) is 4.23. The molecular formula is C4H10O2. The van der Waals surface area contributed by atoms with Crippen molar-refractivity contribution in [3.8, 4) is 0 Å². The van der Waals surface area contributed by atoms with E-state index in [1.165, 1.54) is 0 Å². The van der Waals surface area contributed by atoms with Crippen LogP contribution in [0.5, 0.6) is 0 Å². The fourth-order valence-corrected chi connectivity index (χ4v) is 0.167. The lowest BCUT2D eigenvalue weighted by atomic mass is 10.9. The molecule has 2 nitrogen and oxygen atoms in total. The van der Waals surface area contributed by atoms with Crippen molar-refractivity contribution in [3.63, 3.8) is 0 Å². The Bertz CT molecular complexity index is 17.5. The van der Waals surface area contributed by atoms with Gasteiger partial charge in [-0.3, -0.25) is 0 Å². The fourth-order valence-electron chi connectivity index (χ4n) is 0.167. The van der Waals surface area contributed by atoms with Crippen LogP contribution in [-0.4, -0.2) is 13.2 Å². The van der Waals surface area contributed by atoms with E-state index in [0.29, 0.717) is 13.2 Å². The third-order valence-corrected chi connectivity index (χ3v) is 0.319.